The summed E-state index contributed by atoms with van der Waals surface area (Å²) in [6, 6.07) is 8.20. The van der Waals surface area contributed by atoms with Gasteiger partial charge in [0.15, 0.2) is 5.70 Å². The number of hydrogen-bond donors (Lipinski definition) is 0. The molecular formula is C16H17NO2. The molecule has 19 heavy (non-hydrogen) atoms. The van der Waals surface area contributed by atoms with Crippen molar-refractivity contribution in [2.75, 3.05) is 0 Å². The number of carbonyl (C=O) groups excluding carboxylic acids is 1. The van der Waals surface area contributed by atoms with Gasteiger partial charge >= 0.3 is 5.97 Å². The van der Waals surface area contributed by atoms with Gasteiger partial charge in [-0.05, 0) is 36.0 Å². The third kappa shape index (κ3) is 2.60. The lowest BCUT2D eigenvalue weighted by Crippen LogP contribution is -2.05. The number of benzene rings is 1. The molecule has 1 aromatic carbocycles. The lowest BCUT2D eigenvalue weighted by atomic mass is 10.0. The van der Waals surface area contributed by atoms with Crippen molar-refractivity contribution in [1.29, 1.82) is 0 Å². The molecule has 3 nitrogen and oxygen atoms in total. The number of esters is 1. The highest BCUT2D eigenvalue weighted by molar-refractivity contribution is 6.08. The topological polar surface area (TPSA) is 38.7 Å². The number of carbonyl (C=O) groups is 1. The second-order valence-electron chi connectivity index (χ2n) is 5.46. The summed E-state index contributed by atoms with van der Waals surface area (Å²) in [5.41, 5.74) is 2.69. The number of rotatable bonds is 3. The molecule has 0 aromatic heterocycles. The van der Waals surface area contributed by atoms with Gasteiger partial charge in [-0.1, -0.05) is 38.1 Å². The highest BCUT2D eigenvalue weighted by Gasteiger charge is 2.35. The molecule has 3 heteroatoms. The molecule has 1 heterocycles. The van der Waals surface area contributed by atoms with Crippen LogP contribution in [-0.2, 0) is 9.53 Å². The molecule has 0 radical (unpaired) electrons. The van der Waals surface area contributed by atoms with Crippen LogP contribution >= 0.6 is 0 Å². The van der Waals surface area contributed by atoms with E-state index in [1.807, 2.05) is 12.1 Å². The maximum atomic E-state index is 11.7. The van der Waals surface area contributed by atoms with Crippen molar-refractivity contribution in [3.8, 4) is 0 Å². The van der Waals surface area contributed by atoms with Gasteiger partial charge in [-0.2, -0.15) is 0 Å². The van der Waals surface area contributed by atoms with Gasteiger partial charge in [0.25, 0.3) is 0 Å². The van der Waals surface area contributed by atoms with Crippen molar-refractivity contribution < 1.29 is 9.53 Å². The summed E-state index contributed by atoms with van der Waals surface area (Å²) in [6.07, 6.45) is 3.97. The predicted octanol–water partition coefficient (Wildman–Crippen LogP) is 3.52. The first-order valence-electron chi connectivity index (χ1n) is 6.76. The van der Waals surface area contributed by atoms with Crippen molar-refractivity contribution in [1.82, 2.24) is 0 Å². The number of cyclic esters (lactones) is 1. The summed E-state index contributed by atoms with van der Waals surface area (Å²) in [7, 11) is 0. The van der Waals surface area contributed by atoms with Gasteiger partial charge in [0.1, 0.15) is 0 Å². The van der Waals surface area contributed by atoms with Gasteiger partial charge in [0.2, 0.25) is 5.90 Å². The van der Waals surface area contributed by atoms with E-state index >= 15 is 0 Å². The summed E-state index contributed by atoms with van der Waals surface area (Å²) >= 11 is 0. The zero-order valence-corrected chi connectivity index (χ0v) is 11.2. The van der Waals surface area contributed by atoms with E-state index in [1.54, 1.807) is 6.08 Å². The van der Waals surface area contributed by atoms with Crippen LogP contribution in [-0.4, -0.2) is 11.9 Å². The summed E-state index contributed by atoms with van der Waals surface area (Å²) in [6.45, 7) is 4.32. The third-order valence-corrected chi connectivity index (χ3v) is 3.47. The van der Waals surface area contributed by atoms with E-state index in [0.29, 0.717) is 23.4 Å². The van der Waals surface area contributed by atoms with Crippen LogP contribution in [0, 0.1) is 5.92 Å². The molecule has 1 aliphatic heterocycles. The van der Waals surface area contributed by atoms with Crippen LogP contribution in [0.5, 0.6) is 0 Å². The molecule has 1 saturated carbocycles. The van der Waals surface area contributed by atoms with Crippen LogP contribution < -0.4 is 0 Å². The van der Waals surface area contributed by atoms with Crippen molar-refractivity contribution in [3.63, 3.8) is 0 Å². The number of hydrogen-bond acceptors (Lipinski definition) is 3. The Morgan fingerprint density at radius 2 is 1.95 bits per heavy atom. The number of ether oxygens (including phenoxy) is 1. The highest BCUT2D eigenvalue weighted by atomic mass is 16.6. The molecule has 0 unspecified atom stereocenters. The Labute approximate surface area is 113 Å². The smallest absolute Gasteiger partial charge is 0.363 e. The van der Waals surface area contributed by atoms with E-state index in [2.05, 4.69) is 31.0 Å². The molecule has 0 spiro atoms. The fourth-order valence-corrected chi connectivity index (χ4v) is 2.07. The third-order valence-electron chi connectivity index (χ3n) is 3.47. The van der Waals surface area contributed by atoms with Crippen LogP contribution in [0.3, 0.4) is 0 Å². The Kier molecular flexibility index (Phi) is 2.97. The van der Waals surface area contributed by atoms with Crippen LogP contribution in [0.1, 0.15) is 43.7 Å². The van der Waals surface area contributed by atoms with E-state index in [4.69, 9.17) is 4.74 Å². The van der Waals surface area contributed by atoms with Gasteiger partial charge in [0.05, 0.1) is 0 Å². The first-order valence-corrected chi connectivity index (χ1v) is 6.76. The maximum Gasteiger partial charge on any atom is 0.363 e. The zero-order valence-electron chi connectivity index (χ0n) is 11.2. The fourth-order valence-electron chi connectivity index (χ4n) is 2.07. The Hall–Kier alpha value is -1.90. The largest absolute Gasteiger partial charge is 0.406 e. The molecule has 3 rings (SSSR count). The van der Waals surface area contributed by atoms with E-state index in [9.17, 15) is 4.79 Å². The minimum absolute atomic E-state index is 0.324. The molecule has 98 valence electrons. The Bertz CT molecular complexity index is 563. The normalized spacial score (nSPS) is 20.9. The minimum atomic E-state index is -0.324. The molecule has 1 aliphatic carbocycles. The van der Waals surface area contributed by atoms with Gasteiger partial charge in [-0.25, -0.2) is 9.79 Å². The minimum Gasteiger partial charge on any atom is -0.406 e. The standard InChI is InChI=1S/C16H17NO2/c1-10(2)12-5-3-11(4-6-12)9-14-16(18)19-15(17-14)13-7-8-13/h3-6,9-10,13H,7-8H2,1-2H3/b14-9+. The Balaban J connectivity index is 1.82. The monoisotopic (exact) mass is 255 g/mol. The predicted molar refractivity (Wildman–Crippen MR) is 74.8 cm³/mol. The second kappa shape index (κ2) is 4.65. The summed E-state index contributed by atoms with van der Waals surface area (Å²) in [5, 5.41) is 0. The first kappa shape index (κ1) is 12.2. The van der Waals surface area contributed by atoms with E-state index in [-0.39, 0.29) is 5.97 Å². The van der Waals surface area contributed by atoms with Crippen molar-refractivity contribution in [3.05, 3.63) is 41.1 Å². The van der Waals surface area contributed by atoms with Gasteiger partial charge in [0, 0.05) is 5.92 Å². The summed E-state index contributed by atoms with van der Waals surface area (Å²) in [4.78, 5) is 16.0. The summed E-state index contributed by atoms with van der Waals surface area (Å²) in [5.74, 6) is 1.17. The van der Waals surface area contributed by atoms with Gasteiger partial charge < -0.3 is 4.74 Å². The highest BCUT2D eigenvalue weighted by Crippen LogP contribution is 2.34. The number of nitrogens with zero attached hydrogens (tertiary/aromatic N) is 1. The molecule has 0 N–H and O–H groups in total. The molecule has 2 aliphatic rings. The van der Waals surface area contributed by atoms with E-state index < -0.39 is 0 Å². The molecule has 0 bridgehead atoms. The van der Waals surface area contributed by atoms with Crippen LogP contribution in [0.2, 0.25) is 0 Å². The lowest BCUT2D eigenvalue weighted by Gasteiger charge is -2.04. The van der Waals surface area contributed by atoms with E-state index in [1.165, 1.54) is 5.56 Å². The van der Waals surface area contributed by atoms with Crippen LogP contribution in [0.25, 0.3) is 6.08 Å². The first-order chi connectivity index (χ1) is 9.13. The van der Waals surface area contributed by atoms with Crippen LogP contribution in [0.15, 0.2) is 35.0 Å². The van der Waals surface area contributed by atoms with Gasteiger partial charge in [-0.3, -0.25) is 0 Å². The average molecular weight is 255 g/mol. The average Bonchev–Trinajstić information content (AvgIpc) is 3.17. The molecular weight excluding hydrogens is 238 g/mol. The molecule has 0 amide bonds. The van der Waals surface area contributed by atoms with Crippen molar-refractivity contribution in [2.45, 2.75) is 32.6 Å². The fraction of sp³-hybridized carbons (Fsp3) is 0.375. The molecule has 0 saturated heterocycles. The molecule has 1 fully saturated rings. The maximum absolute atomic E-state index is 11.7. The van der Waals surface area contributed by atoms with Gasteiger partial charge in [-0.15, -0.1) is 0 Å². The van der Waals surface area contributed by atoms with Crippen molar-refractivity contribution in [2.24, 2.45) is 10.9 Å². The Morgan fingerprint density at radius 1 is 1.26 bits per heavy atom. The Morgan fingerprint density at radius 3 is 2.53 bits per heavy atom. The second-order valence-corrected chi connectivity index (χ2v) is 5.46. The van der Waals surface area contributed by atoms with Crippen molar-refractivity contribution >= 4 is 17.9 Å². The summed E-state index contributed by atoms with van der Waals surface area (Å²) < 4.78 is 5.17. The number of aliphatic imine (C=N–C) groups is 1. The lowest BCUT2D eigenvalue weighted by molar-refractivity contribution is -0.130. The van der Waals surface area contributed by atoms with E-state index in [0.717, 1.165) is 18.4 Å². The molecule has 1 aromatic rings. The SMILES string of the molecule is CC(C)c1ccc(/C=C2/N=C(C3CC3)OC2=O)cc1. The molecule has 0 atom stereocenters. The van der Waals surface area contributed by atoms with Crippen LogP contribution in [0.4, 0.5) is 0 Å². The quantitative estimate of drug-likeness (QED) is 0.612. The zero-order chi connectivity index (χ0) is 13.4.